The Bertz CT molecular complexity index is 1120. The van der Waals surface area contributed by atoms with Gasteiger partial charge in [-0.15, -0.1) is 10.2 Å². The molecule has 0 saturated carbocycles. The van der Waals surface area contributed by atoms with Crippen molar-refractivity contribution >= 4 is 22.4 Å². The van der Waals surface area contributed by atoms with Gasteiger partial charge >= 0.3 is 0 Å². The number of carbonyl (C=O) groups excluding carboxylic acids is 1. The Hall–Kier alpha value is -3.46. The molecular formula is C19H13F2N5OS. The monoisotopic (exact) mass is 397 g/mol. The molecule has 0 fully saturated rings. The maximum absolute atomic E-state index is 13.3. The van der Waals surface area contributed by atoms with Crippen molar-refractivity contribution in [2.45, 2.75) is 6.42 Å². The van der Waals surface area contributed by atoms with Crippen LogP contribution in [-0.4, -0.2) is 25.9 Å². The molecular weight excluding hydrogens is 384 g/mol. The molecule has 0 saturated heterocycles. The van der Waals surface area contributed by atoms with E-state index in [0.717, 1.165) is 5.56 Å². The highest BCUT2D eigenvalue weighted by Gasteiger charge is 2.14. The third kappa shape index (κ3) is 4.09. The number of anilines is 1. The normalized spacial score (nSPS) is 10.8. The molecule has 0 atom stereocenters. The molecule has 0 bridgehead atoms. The van der Waals surface area contributed by atoms with E-state index in [4.69, 9.17) is 0 Å². The Morgan fingerprint density at radius 3 is 2.64 bits per heavy atom. The zero-order valence-electron chi connectivity index (χ0n) is 14.3. The van der Waals surface area contributed by atoms with Crippen LogP contribution in [0.15, 0.2) is 60.8 Å². The summed E-state index contributed by atoms with van der Waals surface area (Å²) in [4.78, 5) is 12.4. The van der Waals surface area contributed by atoms with E-state index in [1.54, 1.807) is 36.5 Å². The van der Waals surface area contributed by atoms with E-state index in [2.05, 4.69) is 20.6 Å². The molecule has 1 N–H and O–H groups in total. The van der Waals surface area contributed by atoms with E-state index >= 15 is 0 Å². The second-order valence-electron chi connectivity index (χ2n) is 5.88. The first-order chi connectivity index (χ1) is 13.6. The maximum atomic E-state index is 13.3. The topological polar surface area (TPSA) is 72.7 Å². The van der Waals surface area contributed by atoms with Crippen LogP contribution in [0.4, 0.5) is 13.9 Å². The van der Waals surface area contributed by atoms with Crippen molar-refractivity contribution in [1.82, 2.24) is 20.0 Å². The van der Waals surface area contributed by atoms with E-state index in [1.165, 1.54) is 40.3 Å². The lowest BCUT2D eigenvalue weighted by atomic mass is 10.1. The van der Waals surface area contributed by atoms with Crippen LogP contribution >= 0.6 is 11.3 Å². The minimum Gasteiger partial charge on any atom is -0.295 e. The average molecular weight is 397 g/mol. The summed E-state index contributed by atoms with van der Waals surface area (Å²) in [7, 11) is 0. The summed E-state index contributed by atoms with van der Waals surface area (Å²) in [6.45, 7) is 0. The maximum Gasteiger partial charge on any atom is 0.277 e. The number of hydrogen-bond acceptors (Lipinski definition) is 5. The first-order valence-corrected chi connectivity index (χ1v) is 9.08. The number of benzene rings is 2. The van der Waals surface area contributed by atoms with Gasteiger partial charge in [0, 0.05) is 12.6 Å². The average Bonchev–Trinajstić information content (AvgIpc) is 3.32. The van der Waals surface area contributed by atoms with Crippen molar-refractivity contribution in [3.63, 3.8) is 0 Å². The van der Waals surface area contributed by atoms with Gasteiger partial charge in [0.05, 0.1) is 5.69 Å². The summed E-state index contributed by atoms with van der Waals surface area (Å²) >= 11 is 1.21. The lowest BCUT2D eigenvalue weighted by molar-refractivity contribution is 0.102. The Morgan fingerprint density at radius 1 is 1.04 bits per heavy atom. The van der Waals surface area contributed by atoms with Gasteiger partial charge in [0.1, 0.15) is 16.6 Å². The second kappa shape index (κ2) is 7.65. The molecule has 2 aromatic carbocycles. The van der Waals surface area contributed by atoms with Crippen molar-refractivity contribution in [1.29, 1.82) is 0 Å². The molecule has 1 amide bonds. The summed E-state index contributed by atoms with van der Waals surface area (Å²) in [6, 6.07) is 13.5. The van der Waals surface area contributed by atoms with Gasteiger partial charge in [0.15, 0.2) is 5.69 Å². The smallest absolute Gasteiger partial charge is 0.277 e. The van der Waals surface area contributed by atoms with Gasteiger partial charge in [0.25, 0.3) is 5.91 Å². The van der Waals surface area contributed by atoms with E-state index in [-0.39, 0.29) is 17.3 Å². The first kappa shape index (κ1) is 17.9. The van der Waals surface area contributed by atoms with Gasteiger partial charge < -0.3 is 0 Å². The number of rotatable bonds is 5. The fourth-order valence-corrected chi connectivity index (χ4v) is 3.31. The molecule has 0 aliphatic rings. The largest absolute Gasteiger partial charge is 0.295 e. The SMILES string of the molecule is O=C(Nc1nnc(Cc2cccc(F)c2)s1)c1ccn(-c2ccc(F)cc2)n1. The Labute approximate surface area is 162 Å². The third-order valence-electron chi connectivity index (χ3n) is 3.84. The lowest BCUT2D eigenvalue weighted by Crippen LogP contribution is -2.13. The predicted octanol–water partition coefficient (Wildman–Crippen LogP) is 3.85. The molecule has 0 aliphatic carbocycles. The molecule has 6 nitrogen and oxygen atoms in total. The Balaban J connectivity index is 1.43. The van der Waals surface area contributed by atoms with Crippen LogP contribution in [0.3, 0.4) is 0 Å². The van der Waals surface area contributed by atoms with Crippen molar-refractivity contribution in [2.24, 2.45) is 0 Å². The molecule has 0 radical (unpaired) electrons. The summed E-state index contributed by atoms with van der Waals surface area (Å²) in [6.07, 6.45) is 2.03. The molecule has 4 rings (SSSR count). The molecule has 0 aliphatic heterocycles. The van der Waals surface area contributed by atoms with Crippen LogP contribution in [-0.2, 0) is 6.42 Å². The van der Waals surface area contributed by atoms with Crippen molar-refractivity contribution < 1.29 is 13.6 Å². The quantitative estimate of drug-likeness (QED) is 0.555. The van der Waals surface area contributed by atoms with Crippen molar-refractivity contribution in [2.75, 3.05) is 5.32 Å². The molecule has 28 heavy (non-hydrogen) atoms. The molecule has 0 spiro atoms. The van der Waals surface area contributed by atoms with Gasteiger partial charge in [0.2, 0.25) is 5.13 Å². The number of aromatic nitrogens is 4. The number of nitrogens with zero attached hydrogens (tertiary/aromatic N) is 4. The minimum absolute atomic E-state index is 0.186. The zero-order valence-corrected chi connectivity index (χ0v) is 15.2. The number of carbonyl (C=O) groups is 1. The highest BCUT2D eigenvalue weighted by molar-refractivity contribution is 7.15. The van der Waals surface area contributed by atoms with Gasteiger partial charge in [-0.25, -0.2) is 13.5 Å². The molecule has 0 unspecified atom stereocenters. The summed E-state index contributed by atoms with van der Waals surface area (Å²) in [5.41, 5.74) is 1.59. The fraction of sp³-hybridized carbons (Fsp3) is 0.0526. The van der Waals surface area contributed by atoms with E-state index in [0.29, 0.717) is 22.2 Å². The van der Waals surface area contributed by atoms with E-state index in [9.17, 15) is 13.6 Å². The van der Waals surface area contributed by atoms with E-state index in [1.807, 2.05) is 0 Å². The van der Waals surface area contributed by atoms with Crippen molar-refractivity contribution in [3.05, 3.63) is 88.7 Å². The molecule has 4 aromatic rings. The van der Waals surface area contributed by atoms with Crippen LogP contribution in [0.25, 0.3) is 5.69 Å². The number of nitrogens with one attached hydrogen (secondary N) is 1. The van der Waals surface area contributed by atoms with E-state index < -0.39 is 5.91 Å². The standard InChI is InChI=1S/C19H13F2N5OS/c20-13-4-6-15(7-5-13)26-9-8-16(25-26)18(27)22-19-24-23-17(28-19)11-12-2-1-3-14(21)10-12/h1-10H,11H2,(H,22,24,27). The number of amides is 1. The summed E-state index contributed by atoms with van der Waals surface area (Å²) < 4.78 is 27.8. The molecule has 2 heterocycles. The first-order valence-electron chi connectivity index (χ1n) is 8.26. The van der Waals surface area contributed by atoms with Crippen LogP contribution in [0.1, 0.15) is 21.1 Å². The van der Waals surface area contributed by atoms with Gasteiger partial charge in [-0.05, 0) is 48.0 Å². The molecule has 140 valence electrons. The van der Waals surface area contributed by atoms with Crippen LogP contribution in [0.2, 0.25) is 0 Å². The van der Waals surface area contributed by atoms with Crippen LogP contribution < -0.4 is 5.32 Å². The van der Waals surface area contributed by atoms with Gasteiger partial charge in [-0.1, -0.05) is 23.5 Å². The molecule has 9 heteroatoms. The third-order valence-corrected chi connectivity index (χ3v) is 4.68. The second-order valence-corrected chi connectivity index (χ2v) is 6.95. The van der Waals surface area contributed by atoms with Gasteiger partial charge in [-0.3, -0.25) is 10.1 Å². The zero-order chi connectivity index (χ0) is 19.5. The number of halogens is 2. The Morgan fingerprint density at radius 2 is 1.86 bits per heavy atom. The van der Waals surface area contributed by atoms with Crippen LogP contribution in [0, 0.1) is 11.6 Å². The van der Waals surface area contributed by atoms with Crippen LogP contribution in [0.5, 0.6) is 0 Å². The summed E-state index contributed by atoms with van der Waals surface area (Å²) in [5.74, 6) is -1.10. The Kier molecular flexibility index (Phi) is 4.90. The van der Waals surface area contributed by atoms with Crippen molar-refractivity contribution in [3.8, 4) is 5.69 Å². The molecule has 2 aromatic heterocycles. The minimum atomic E-state index is -0.436. The summed E-state index contributed by atoms with van der Waals surface area (Å²) in [5, 5.41) is 15.8. The predicted molar refractivity (Wildman–Crippen MR) is 101 cm³/mol. The number of hydrogen-bond donors (Lipinski definition) is 1. The highest BCUT2D eigenvalue weighted by atomic mass is 32.1. The highest BCUT2D eigenvalue weighted by Crippen LogP contribution is 2.19. The van der Waals surface area contributed by atoms with Gasteiger partial charge in [-0.2, -0.15) is 5.10 Å². The fourth-order valence-electron chi connectivity index (χ4n) is 2.54. The lowest BCUT2D eigenvalue weighted by Gasteiger charge is -2.00.